The summed E-state index contributed by atoms with van der Waals surface area (Å²) in [6, 6.07) is 7.62. The van der Waals surface area contributed by atoms with Crippen LogP contribution >= 0.6 is 38.5 Å². The van der Waals surface area contributed by atoms with Crippen LogP contribution in [-0.4, -0.2) is 56.5 Å². The number of aliphatic hydroxyl groups is 1. The summed E-state index contributed by atoms with van der Waals surface area (Å²) in [5.74, 6) is 0.957. The third kappa shape index (κ3) is 7.99. The zero-order valence-electron chi connectivity index (χ0n) is 21.8. The molecule has 2 aromatic carbocycles. The van der Waals surface area contributed by atoms with Gasteiger partial charge in [-0.15, -0.1) is 0 Å². The summed E-state index contributed by atoms with van der Waals surface area (Å²) in [5, 5.41) is 19.8. The first kappa shape index (κ1) is 30.5. The highest BCUT2D eigenvalue weighted by molar-refractivity contribution is 14.1. The van der Waals surface area contributed by atoms with Crippen LogP contribution in [0.25, 0.3) is 0 Å². The molecule has 4 N–H and O–H groups in total. The second-order valence-electron chi connectivity index (χ2n) is 8.16. The van der Waals surface area contributed by atoms with E-state index in [1.165, 1.54) is 7.11 Å². The average molecular weight is 717 g/mol. The molecule has 0 unspecified atom stereocenters. The summed E-state index contributed by atoms with van der Waals surface area (Å²) >= 11 is 5.68. The number of ether oxygens (including phenoxy) is 4. The fourth-order valence-corrected chi connectivity index (χ4v) is 5.53. The van der Waals surface area contributed by atoms with Crippen LogP contribution in [0.5, 0.6) is 17.2 Å². The summed E-state index contributed by atoms with van der Waals surface area (Å²) < 4.78 is 23.8. The van der Waals surface area contributed by atoms with Gasteiger partial charge in [0.1, 0.15) is 12.4 Å². The molecule has 2 amide bonds. The molecule has 0 saturated carbocycles. The van der Waals surface area contributed by atoms with E-state index in [0.717, 1.165) is 19.4 Å². The number of benzene rings is 2. The molecule has 11 nitrogen and oxygen atoms in total. The van der Waals surface area contributed by atoms with Gasteiger partial charge in [-0.2, -0.15) is 5.10 Å². The predicted octanol–water partition coefficient (Wildman–Crippen LogP) is 3.97. The minimum absolute atomic E-state index is 0.127. The van der Waals surface area contributed by atoms with E-state index in [4.69, 9.17) is 18.9 Å². The monoisotopic (exact) mass is 716 g/mol. The van der Waals surface area contributed by atoms with E-state index in [0.29, 0.717) is 36.0 Å². The van der Waals surface area contributed by atoms with Crippen LogP contribution in [0.2, 0.25) is 0 Å². The molecule has 210 valence electrons. The SMILES string of the molecule is CCOc1cc([C@@H]2NC(=O)NC(C)=C2C(=O)OC)ccc1OC[C@@H](O)N/N=C\c1cc(Br)c(OCC)c(I)c1. The van der Waals surface area contributed by atoms with Crippen molar-refractivity contribution in [2.75, 3.05) is 26.9 Å². The van der Waals surface area contributed by atoms with Crippen LogP contribution in [0.15, 0.2) is 51.2 Å². The van der Waals surface area contributed by atoms with Crippen molar-refractivity contribution in [3.63, 3.8) is 0 Å². The molecule has 0 fully saturated rings. The van der Waals surface area contributed by atoms with Crippen LogP contribution in [0, 0.1) is 3.57 Å². The topological polar surface area (TPSA) is 140 Å². The molecule has 0 saturated heterocycles. The molecule has 0 spiro atoms. The largest absolute Gasteiger partial charge is 0.492 e. The standard InChI is InChI=1S/C26H30BrIN4O7/c1-5-37-20-11-16(23-22(25(34)36-4)14(3)30-26(35)31-23)7-8-19(20)39-13-21(33)32-29-12-15-9-17(27)24(38-6-2)18(28)10-15/h7-12,21,23,32-33H,5-6,13H2,1-4H3,(H2,30,31,35)/b29-12-/t21-,23+/m1/s1. The molecule has 13 heteroatoms. The minimum Gasteiger partial charge on any atom is -0.492 e. The smallest absolute Gasteiger partial charge is 0.337 e. The number of amides is 2. The number of hydrogen-bond donors (Lipinski definition) is 4. The van der Waals surface area contributed by atoms with E-state index >= 15 is 0 Å². The number of aliphatic hydroxyl groups excluding tert-OH is 1. The van der Waals surface area contributed by atoms with Crippen LogP contribution in [0.4, 0.5) is 4.79 Å². The molecule has 1 aliphatic rings. The zero-order valence-corrected chi connectivity index (χ0v) is 25.6. The lowest BCUT2D eigenvalue weighted by Crippen LogP contribution is -2.45. The number of methoxy groups -OCH3 is 1. The average Bonchev–Trinajstić information content (AvgIpc) is 2.89. The highest BCUT2D eigenvalue weighted by Crippen LogP contribution is 2.35. The van der Waals surface area contributed by atoms with Gasteiger partial charge in [0.2, 0.25) is 0 Å². The number of allylic oxidation sites excluding steroid dienone is 1. The van der Waals surface area contributed by atoms with E-state index in [1.54, 1.807) is 31.3 Å². The zero-order chi connectivity index (χ0) is 28.5. The maximum Gasteiger partial charge on any atom is 0.337 e. The first-order valence-corrected chi connectivity index (χ1v) is 13.9. The number of carbonyl (C=O) groups is 2. The van der Waals surface area contributed by atoms with Crippen molar-refractivity contribution >= 4 is 56.7 Å². The number of carbonyl (C=O) groups excluding carboxylic acids is 2. The molecule has 2 atom stereocenters. The number of hydrogen-bond acceptors (Lipinski definition) is 9. The molecular weight excluding hydrogens is 687 g/mol. The molecule has 3 rings (SSSR count). The molecule has 0 bridgehead atoms. The van der Waals surface area contributed by atoms with E-state index in [9.17, 15) is 14.7 Å². The van der Waals surface area contributed by atoms with Crippen molar-refractivity contribution in [3.05, 3.63) is 60.8 Å². The summed E-state index contributed by atoms with van der Waals surface area (Å²) in [7, 11) is 1.28. The Morgan fingerprint density at radius 1 is 1.21 bits per heavy atom. The summed E-state index contributed by atoms with van der Waals surface area (Å²) in [4.78, 5) is 24.5. The van der Waals surface area contributed by atoms with E-state index in [1.807, 2.05) is 26.0 Å². The maximum atomic E-state index is 12.4. The summed E-state index contributed by atoms with van der Waals surface area (Å²) in [5.41, 5.74) is 4.71. The Bertz CT molecular complexity index is 1250. The molecule has 1 heterocycles. The molecule has 0 radical (unpaired) electrons. The summed E-state index contributed by atoms with van der Waals surface area (Å²) in [6.45, 7) is 6.15. The van der Waals surface area contributed by atoms with Crippen molar-refractivity contribution in [3.8, 4) is 17.2 Å². The number of hydrazone groups is 1. The van der Waals surface area contributed by atoms with Gasteiger partial charge in [-0.1, -0.05) is 6.07 Å². The number of nitrogens with one attached hydrogen (secondary N) is 3. The molecular formula is C26H30BrIN4O7. The first-order valence-electron chi connectivity index (χ1n) is 12.0. The summed E-state index contributed by atoms with van der Waals surface area (Å²) in [6.07, 6.45) is 0.467. The predicted molar refractivity (Wildman–Crippen MR) is 157 cm³/mol. The maximum absolute atomic E-state index is 12.4. The fraction of sp³-hybridized carbons (Fsp3) is 0.346. The van der Waals surface area contributed by atoms with Crippen molar-refractivity contribution in [1.82, 2.24) is 16.1 Å². The molecule has 0 aliphatic carbocycles. The van der Waals surface area contributed by atoms with Gasteiger partial charge in [0, 0.05) is 5.70 Å². The number of esters is 1. The number of urea groups is 1. The lowest BCUT2D eigenvalue weighted by atomic mass is 9.95. The third-order valence-electron chi connectivity index (χ3n) is 5.42. The van der Waals surface area contributed by atoms with Crippen molar-refractivity contribution < 1.29 is 33.6 Å². The Balaban J connectivity index is 1.69. The first-order chi connectivity index (χ1) is 18.7. The quantitative estimate of drug-likeness (QED) is 0.0851. The Kier molecular flexibility index (Phi) is 11.2. The Morgan fingerprint density at radius 2 is 1.95 bits per heavy atom. The van der Waals surface area contributed by atoms with Crippen LogP contribution in [-0.2, 0) is 9.53 Å². The fourth-order valence-electron chi connectivity index (χ4n) is 3.76. The second-order valence-corrected chi connectivity index (χ2v) is 10.2. The highest BCUT2D eigenvalue weighted by atomic mass is 127. The number of nitrogens with zero attached hydrogens (tertiary/aromatic N) is 1. The van der Waals surface area contributed by atoms with E-state index in [-0.39, 0.29) is 12.2 Å². The van der Waals surface area contributed by atoms with Crippen molar-refractivity contribution in [1.29, 1.82) is 0 Å². The molecule has 0 aromatic heterocycles. The van der Waals surface area contributed by atoms with E-state index in [2.05, 4.69) is 59.7 Å². The number of halogens is 2. The molecule has 39 heavy (non-hydrogen) atoms. The van der Waals surface area contributed by atoms with Gasteiger partial charge in [0.15, 0.2) is 17.7 Å². The highest BCUT2D eigenvalue weighted by Gasteiger charge is 2.32. The lowest BCUT2D eigenvalue weighted by Gasteiger charge is -2.28. The van der Waals surface area contributed by atoms with E-state index < -0.39 is 24.3 Å². The van der Waals surface area contributed by atoms with Crippen molar-refractivity contribution in [2.45, 2.75) is 33.0 Å². The van der Waals surface area contributed by atoms with Gasteiger partial charge in [0.25, 0.3) is 0 Å². The second kappa shape index (κ2) is 14.4. The van der Waals surface area contributed by atoms with Gasteiger partial charge in [-0.25, -0.2) is 9.59 Å². The van der Waals surface area contributed by atoms with Gasteiger partial charge in [-0.05, 0) is 94.7 Å². The van der Waals surface area contributed by atoms with Gasteiger partial charge < -0.3 is 34.7 Å². The van der Waals surface area contributed by atoms with Crippen LogP contribution in [0.3, 0.4) is 0 Å². The van der Waals surface area contributed by atoms with Crippen LogP contribution in [0.1, 0.15) is 37.9 Å². The third-order valence-corrected chi connectivity index (χ3v) is 6.81. The van der Waals surface area contributed by atoms with Gasteiger partial charge in [0.05, 0.1) is 46.2 Å². The molecule has 1 aliphatic heterocycles. The lowest BCUT2D eigenvalue weighted by molar-refractivity contribution is -0.136. The Labute approximate surface area is 248 Å². The van der Waals surface area contributed by atoms with Gasteiger partial charge >= 0.3 is 12.0 Å². The number of rotatable bonds is 12. The Morgan fingerprint density at radius 3 is 2.62 bits per heavy atom. The molecule has 2 aromatic rings. The normalized spacial score (nSPS) is 15.9. The van der Waals surface area contributed by atoms with Gasteiger partial charge in [-0.3, -0.25) is 5.43 Å². The Hall–Kier alpha value is -3.04. The minimum atomic E-state index is -1.11. The van der Waals surface area contributed by atoms with Crippen molar-refractivity contribution in [2.24, 2.45) is 5.10 Å². The van der Waals surface area contributed by atoms with Crippen LogP contribution < -0.4 is 30.3 Å².